The highest BCUT2D eigenvalue weighted by molar-refractivity contribution is 5.71. The van der Waals surface area contributed by atoms with Gasteiger partial charge in [0.1, 0.15) is 0 Å². The molecule has 3 nitrogen and oxygen atoms in total. The molecular formula is C11H14NO2. The summed E-state index contributed by atoms with van der Waals surface area (Å²) in [5, 5.41) is 1.24. The van der Waals surface area contributed by atoms with E-state index in [1.165, 1.54) is 5.06 Å². The Morgan fingerprint density at radius 1 is 1.50 bits per heavy atom. The first-order chi connectivity index (χ1) is 6.88. The Bertz CT molecular complexity index is 261. The standard InChI is InChI=1S/C11H14NO2/c1-2-3-9-14-12(10-13)11-7-5-4-6-8-11/h5-8,10H,2-3,9H2,1H3. The fraction of sp³-hybridized carbons (Fsp3) is 0.364. The zero-order valence-electron chi connectivity index (χ0n) is 8.27. The summed E-state index contributed by atoms with van der Waals surface area (Å²) in [6.45, 7) is 2.64. The Hall–Kier alpha value is -1.35. The van der Waals surface area contributed by atoms with E-state index in [-0.39, 0.29) is 0 Å². The van der Waals surface area contributed by atoms with Crippen LogP contribution in [0.3, 0.4) is 0 Å². The summed E-state index contributed by atoms with van der Waals surface area (Å²) >= 11 is 0. The molecule has 0 fully saturated rings. The van der Waals surface area contributed by atoms with Gasteiger partial charge in [-0.1, -0.05) is 25.5 Å². The molecule has 0 heterocycles. The van der Waals surface area contributed by atoms with Crippen molar-refractivity contribution in [2.24, 2.45) is 0 Å². The third-order valence-corrected chi connectivity index (χ3v) is 1.78. The highest BCUT2D eigenvalue weighted by atomic mass is 16.7. The van der Waals surface area contributed by atoms with Gasteiger partial charge >= 0.3 is 0 Å². The van der Waals surface area contributed by atoms with Crippen LogP contribution in [0.1, 0.15) is 19.8 Å². The van der Waals surface area contributed by atoms with Crippen molar-refractivity contribution in [2.45, 2.75) is 19.8 Å². The molecule has 3 heteroatoms. The van der Waals surface area contributed by atoms with Crippen molar-refractivity contribution in [2.75, 3.05) is 11.7 Å². The summed E-state index contributed by atoms with van der Waals surface area (Å²) in [5.74, 6) is 0. The van der Waals surface area contributed by atoms with Crippen LogP contribution in [0, 0.1) is 6.07 Å². The minimum Gasteiger partial charge on any atom is -0.276 e. The molecule has 0 atom stereocenters. The topological polar surface area (TPSA) is 29.5 Å². The number of unbranched alkanes of at least 4 members (excludes halogenated alkanes) is 1. The summed E-state index contributed by atoms with van der Waals surface area (Å²) in [4.78, 5) is 16.0. The van der Waals surface area contributed by atoms with Crippen LogP contribution in [0.5, 0.6) is 0 Å². The molecule has 14 heavy (non-hydrogen) atoms. The van der Waals surface area contributed by atoms with Crippen molar-refractivity contribution < 1.29 is 9.63 Å². The molecule has 0 aliphatic rings. The van der Waals surface area contributed by atoms with Crippen LogP contribution >= 0.6 is 0 Å². The van der Waals surface area contributed by atoms with E-state index in [0.717, 1.165) is 18.5 Å². The van der Waals surface area contributed by atoms with Crippen LogP contribution in [0.4, 0.5) is 5.69 Å². The monoisotopic (exact) mass is 192 g/mol. The Kier molecular flexibility index (Phi) is 4.72. The molecular weight excluding hydrogens is 178 g/mol. The van der Waals surface area contributed by atoms with Gasteiger partial charge in [-0.2, -0.15) is 5.06 Å². The molecule has 0 aliphatic heterocycles. The lowest BCUT2D eigenvalue weighted by Gasteiger charge is -2.16. The van der Waals surface area contributed by atoms with Crippen molar-refractivity contribution in [3.8, 4) is 0 Å². The molecule has 0 saturated heterocycles. The van der Waals surface area contributed by atoms with Gasteiger partial charge in [0, 0.05) is 0 Å². The number of anilines is 1. The van der Waals surface area contributed by atoms with Crippen LogP contribution in [-0.2, 0) is 9.63 Å². The van der Waals surface area contributed by atoms with Gasteiger partial charge < -0.3 is 0 Å². The maximum absolute atomic E-state index is 10.7. The quantitative estimate of drug-likeness (QED) is 0.393. The van der Waals surface area contributed by atoms with Gasteiger partial charge in [-0.05, 0) is 24.6 Å². The minimum absolute atomic E-state index is 0.563. The molecule has 0 saturated carbocycles. The molecule has 0 aromatic heterocycles. The van der Waals surface area contributed by atoms with Crippen LogP contribution in [-0.4, -0.2) is 13.0 Å². The van der Waals surface area contributed by atoms with Gasteiger partial charge in [0.05, 0.1) is 12.3 Å². The van der Waals surface area contributed by atoms with E-state index >= 15 is 0 Å². The van der Waals surface area contributed by atoms with Gasteiger partial charge in [-0.25, -0.2) is 0 Å². The number of hydroxylamine groups is 1. The maximum Gasteiger partial charge on any atom is 0.238 e. The summed E-state index contributed by atoms with van der Waals surface area (Å²) in [6.07, 6.45) is 2.67. The zero-order chi connectivity index (χ0) is 10.2. The summed E-state index contributed by atoms with van der Waals surface area (Å²) in [7, 11) is 0. The fourth-order valence-electron chi connectivity index (χ4n) is 0.998. The number of benzene rings is 1. The molecule has 1 radical (unpaired) electrons. The first-order valence-electron chi connectivity index (χ1n) is 4.72. The maximum atomic E-state index is 10.7. The fourth-order valence-corrected chi connectivity index (χ4v) is 0.998. The number of carbonyl (C=O) groups excluding carboxylic acids is 1. The Morgan fingerprint density at radius 2 is 2.21 bits per heavy atom. The summed E-state index contributed by atoms with van der Waals surface area (Å²) in [6, 6.07) is 9.93. The van der Waals surface area contributed by atoms with Gasteiger partial charge in [-0.15, -0.1) is 0 Å². The summed E-state index contributed by atoms with van der Waals surface area (Å²) in [5.41, 5.74) is 0.731. The summed E-state index contributed by atoms with van der Waals surface area (Å²) < 4.78 is 0. The lowest BCUT2D eigenvalue weighted by molar-refractivity contribution is -0.114. The molecule has 0 N–H and O–H groups in total. The molecule has 75 valence electrons. The zero-order valence-corrected chi connectivity index (χ0v) is 8.27. The van der Waals surface area contributed by atoms with E-state index in [1.54, 1.807) is 24.3 Å². The second-order valence-electron chi connectivity index (χ2n) is 2.88. The molecule has 1 aromatic carbocycles. The van der Waals surface area contributed by atoms with Crippen LogP contribution in [0.15, 0.2) is 24.3 Å². The Balaban J connectivity index is 2.50. The van der Waals surface area contributed by atoms with Crippen LogP contribution in [0.25, 0.3) is 0 Å². The number of amides is 1. The van der Waals surface area contributed by atoms with Gasteiger partial charge in [0.15, 0.2) is 0 Å². The lowest BCUT2D eigenvalue weighted by atomic mass is 10.3. The molecule has 0 bridgehead atoms. The van der Waals surface area contributed by atoms with Crippen molar-refractivity contribution in [1.29, 1.82) is 0 Å². The first kappa shape index (κ1) is 10.7. The van der Waals surface area contributed by atoms with E-state index in [1.807, 2.05) is 0 Å². The average molecular weight is 192 g/mol. The van der Waals surface area contributed by atoms with E-state index in [0.29, 0.717) is 13.0 Å². The number of nitrogens with zero attached hydrogens (tertiary/aromatic N) is 1. The van der Waals surface area contributed by atoms with Crippen molar-refractivity contribution >= 4 is 12.1 Å². The molecule has 1 amide bonds. The van der Waals surface area contributed by atoms with Crippen molar-refractivity contribution in [1.82, 2.24) is 0 Å². The molecule has 0 spiro atoms. The number of hydrogen-bond donors (Lipinski definition) is 0. The molecule has 1 aromatic rings. The number of rotatable bonds is 6. The highest BCUT2D eigenvalue weighted by Crippen LogP contribution is 2.11. The van der Waals surface area contributed by atoms with Crippen LogP contribution in [0.2, 0.25) is 0 Å². The predicted octanol–water partition coefficient (Wildman–Crippen LogP) is 2.18. The first-order valence-corrected chi connectivity index (χ1v) is 4.72. The number of carbonyl (C=O) groups is 1. The average Bonchev–Trinajstić information content (AvgIpc) is 2.26. The lowest BCUT2D eigenvalue weighted by Crippen LogP contribution is -2.21. The molecule has 0 aliphatic carbocycles. The second kappa shape index (κ2) is 6.16. The van der Waals surface area contributed by atoms with E-state index in [2.05, 4.69) is 13.0 Å². The van der Waals surface area contributed by atoms with Gasteiger partial charge in [0.25, 0.3) is 0 Å². The second-order valence-corrected chi connectivity index (χ2v) is 2.88. The third kappa shape index (κ3) is 3.18. The molecule has 0 unspecified atom stereocenters. The van der Waals surface area contributed by atoms with Crippen molar-refractivity contribution in [3.05, 3.63) is 30.3 Å². The Labute approximate surface area is 84.2 Å². The normalized spacial score (nSPS) is 9.79. The third-order valence-electron chi connectivity index (χ3n) is 1.78. The smallest absolute Gasteiger partial charge is 0.238 e. The largest absolute Gasteiger partial charge is 0.276 e. The van der Waals surface area contributed by atoms with E-state index < -0.39 is 0 Å². The van der Waals surface area contributed by atoms with Crippen LogP contribution < -0.4 is 5.06 Å². The van der Waals surface area contributed by atoms with Gasteiger partial charge in [-0.3, -0.25) is 9.63 Å². The number of hydrogen-bond acceptors (Lipinski definition) is 2. The predicted molar refractivity (Wildman–Crippen MR) is 54.7 cm³/mol. The molecule has 1 rings (SSSR count). The van der Waals surface area contributed by atoms with Crippen molar-refractivity contribution in [3.63, 3.8) is 0 Å². The van der Waals surface area contributed by atoms with Gasteiger partial charge in [0.2, 0.25) is 6.41 Å². The minimum atomic E-state index is 0.563. The Morgan fingerprint density at radius 3 is 2.79 bits per heavy atom. The van der Waals surface area contributed by atoms with E-state index in [4.69, 9.17) is 4.84 Å². The highest BCUT2D eigenvalue weighted by Gasteiger charge is 2.03. The SMILES string of the molecule is CCCCON(C=O)c1cc[c]cc1. The van der Waals surface area contributed by atoms with E-state index in [9.17, 15) is 4.79 Å².